The molecule has 31 heavy (non-hydrogen) atoms. The number of aromatic nitrogens is 2. The maximum absolute atomic E-state index is 12.8. The second-order valence-corrected chi connectivity index (χ2v) is 7.58. The number of carbonyl (C=O) groups excluding carboxylic acids is 2. The fourth-order valence-electron chi connectivity index (χ4n) is 4.03. The van der Waals surface area contributed by atoms with E-state index in [1.54, 1.807) is 37.1 Å². The van der Waals surface area contributed by atoms with E-state index in [4.69, 9.17) is 4.74 Å². The molecule has 1 aliphatic rings. The number of aromatic amines is 2. The van der Waals surface area contributed by atoms with Crippen molar-refractivity contribution in [1.82, 2.24) is 19.8 Å². The summed E-state index contributed by atoms with van der Waals surface area (Å²) >= 11 is 0. The van der Waals surface area contributed by atoms with Crippen molar-refractivity contribution in [3.63, 3.8) is 0 Å². The summed E-state index contributed by atoms with van der Waals surface area (Å²) in [5, 5.41) is 2.90. The Kier molecular flexibility index (Phi) is 5.77. The summed E-state index contributed by atoms with van der Waals surface area (Å²) in [6, 6.07) is 12.7. The molecule has 4 rings (SSSR count). The highest BCUT2D eigenvalue weighted by atomic mass is 16.5. The Bertz CT molecular complexity index is 1170. The molecule has 0 saturated carbocycles. The number of ether oxygens (including phenoxy) is 1. The number of nitrogens with one attached hydrogen (secondary N) is 3. The number of fused-ring (bicyclic) bond motifs is 1. The average molecular weight is 423 g/mol. The summed E-state index contributed by atoms with van der Waals surface area (Å²) in [5.41, 5.74) is 2.56. The molecular formula is C22H25N5O4. The maximum Gasteiger partial charge on any atom is 0.323 e. The summed E-state index contributed by atoms with van der Waals surface area (Å²) in [5.74, 6) is 0.566. The number of benzene rings is 2. The number of nitrogens with zero attached hydrogens (tertiary/aromatic N) is 2. The van der Waals surface area contributed by atoms with Crippen LogP contribution in [0.3, 0.4) is 0 Å². The van der Waals surface area contributed by atoms with Crippen molar-refractivity contribution in [2.75, 3.05) is 38.6 Å². The highest BCUT2D eigenvalue weighted by Gasteiger charge is 2.32. The van der Waals surface area contributed by atoms with E-state index < -0.39 is 0 Å². The Morgan fingerprint density at radius 1 is 1.13 bits per heavy atom. The maximum atomic E-state index is 12.8. The molecule has 0 aliphatic carbocycles. The molecule has 1 aromatic heterocycles. The first kappa shape index (κ1) is 20.7. The van der Waals surface area contributed by atoms with E-state index >= 15 is 0 Å². The number of carbonyl (C=O) groups is 2. The van der Waals surface area contributed by atoms with E-state index in [-0.39, 0.29) is 30.1 Å². The normalized spacial score (nSPS) is 17.0. The molecule has 2 amide bonds. The fourth-order valence-corrected chi connectivity index (χ4v) is 4.03. The number of H-pyrrole nitrogens is 2. The minimum absolute atomic E-state index is 0.0118. The number of amides is 2. The highest BCUT2D eigenvalue weighted by molar-refractivity contribution is 5.94. The Labute approximate surface area is 179 Å². The Morgan fingerprint density at radius 3 is 2.68 bits per heavy atom. The van der Waals surface area contributed by atoms with Gasteiger partial charge in [-0.05, 0) is 24.3 Å². The number of imidazole rings is 1. The lowest BCUT2D eigenvalue weighted by Gasteiger charge is -2.41. The highest BCUT2D eigenvalue weighted by Crippen LogP contribution is 2.32. The molecular weight excluding hydrogens is 398 g/mol. The first-order chi connectivity index (χ1) is 14.9. The Balaban J connectivity index is 1.53. The smallest absolute Gasteiger partial charge is 0.323 e. The quantitative estimate of drug-likeness (QED) is 0.579. The summed E-state index contributed by atoms with van der Waals surface area (Å²) in [7, 11) is 1.61. The topological polar surface area (TPSA) is 111 Å². The van der Waals surface area contributed by atoms with E-state index in [1.807, 2.05) is 24.3 Å². The number of rotatable bonds is 5. The second kappa shape index (κ2) is 8.65. The zero-order chi connectivity index (χ0) is 22.0. The zero-order valence-corrected chi connectivity index (χ0v) is 17.5. The van der Waals surface area contributed by atoms with Crippen molar-refractivity contribution in [1.29, 1.82) is 0 Å². The largest absolute Gasteiger partial charge is 0.496 e. The molecule has 9 nitrogen and oxygen atoms in total. The standard InChI is InChI=1S/C22H25N5O4/c1-14(28)26-9-10-27(19(12-26)16-5-3-4-6-20(16)31-2)13-21(29)23-15-7-8-17-18(11-15)25-22(30)24-17/h3-8,11,19H,9-10,12-13H2,1-2H3,(H,23,29)(H2,24,25,30)/t19-/m0/s1. The van der Waals surface area contributed by atoms with Gasteiger partial charge in [-0.1, -0.05) is 18.2 Å². The van der Waals surface area contributed by atoms with Crippen molar-refractivity contribution in [2.24, 2.45) is 0 Å². The van der Waals surface area contributed by atoms with E-state index in [0.717, 1.165) is 11.3 Å². The van der Waals surface area contributed by atoms with Crippen LogP contribution < -0.4 is 15.7 Å². The van der Waals surface area contributed by atoms with Crippen LogP contribution in [0.4, 0.5) is 5.69 Å². The first-order valence-corrected chi connectivity index (χ1v) is 10.1. The van der Waals surface area contributed by atoms with Crippen LogP contribution in [0.1, 0.15) is 18.5 Å². The van der Waals surface area contributed by atoms with Crippen LogP contribution >= 0.6 is 0 Å². The molecule has 162 valence electrons. The monoisotopic (exact) mass is 423 g/mol. The third-order valence-corrected chi connectivity index (χ3v) is 5.58. The predicted molar refractivity (Wildman–Crippen MR) is 117 cm³/mol. The van der Waals surface area contributed by atoms with Gasteiger partial charge in [-0.2, -0.15) is 0 Å². The van der Waals surface area contributed by atoms with E-state index in [2.05, 4.69) is 20.2 Å². The lowest BCUT2D eigenvalue weighted by molar-refractivity contribution is -0.132. The Morgan fingerprint density at radius 2 is 1.90 bits per heavy atom. The molecule has 0 bridgehead atoms. The number of hydrogen-bond acceptors (Lipinski definition) is 5. The van der Waals surface area contributed by atoms with Gasteiger partial charge in [0.05, 0.1) is 30.7 Å². The molecule has 1 saturated heterocycles. The van der Waals surface area contributed by atoms with Crippen LogP contribution in [-0.2, 0) is 9.59 Å². The van der Waals surface area contributed by atoms with Crippen molar-refractivity contribution < 1.29 is 14.3 Å². The molecule has 1 atom stereocenters. The molecule has 0 radical (unpaired) electrons. The van der Waals surface area contributed by atoms with Crippen molar-refractivity contribution >= 4 is 28.5 Å². The third kappa shape index (κ3) is 4.46. The number of hydrogen-bond donors (Lipinski definition) is 3. The van der Waals surface area contributed by atoms with Crippen LogP contribution in [0.15, 0.2) is 47.3 Å². The van der Waals surface area contributed by atoms with Gasteiger partial charge in [0.2, 0.25) is 11.8 Å². The van der Waals surface area contributed by atoms with Crippen LogP contribution in [0.2, 0.25) is 0 Å². The lowest BCUT2D eigenvalue weighted by Crippen LogP contribution is -2.51. The van der Waals surface area contributed by atoms with Gasteiger partial charge >= 0.3 is 5.69 Å². The van der Waals surface area contributed by atoms with Crippen LogP contribution in [0.25, 0.3) is 11.0 Å². The zero-order valence-electron chi connectivity index (χ0n) is 17.5. The predicted octanol–water partition coefficient (Wildman–Crippen LogP) is 1.71. The van der Waals surface area contributed by atoms with E-state index in [0.29, 0.717) is 36.4 Å². The number of anilines is 1. The number of methoxy groups -OCH3 is 1. The first-order valence-electron chi connectivity index (χ1n) is 10.1. The van der Waals surface area contributed by atoms with Gasteiger partial charge in [0.1, 0.15) is 5.75 Å². The van der Waals surface area contributed by atoms with Crippen molar-refractivity contribution in [3.8, 4) is 5.75 Å². The lowest BCUT2D eigenvalue weighted by atomic mass is 10.0. The Hall–Kier alpha value is -3.59. The minimum Gasteiger partial charge on any atom is -0.496 e. The van der Waals surface area contributed by atoms with Crippen LogP contribution in [0, 0.1) is 0 Å². The molecule has 2 aromatic carbocycles. The van der Waals surface area contributed by atoms with Gasteiger partial charge in [-0.3, -0.25) is 14.5 Å². The van der Waals surface area contributed by atoms with E-state index in [9.17, 15) is 14.4 Å². The molecule has 9 heteroatoms. The SMILES string of the molecule is COc1ccccc1[C@@H]1CN(C(C)=O)CCN1CC(=O)Nc1ccc2[nH]c(=O)[nH]c2c1. The number of piperazine rings is 1. The minimum atomic E-state index is -0.290. The van der Waals surface area contributed by atoms with Crippen LogP contribution in [-0.4, -0.2) is 64.9 Å². The van der Waals surface area contributed by atoms with Crippen LogP contribution in [0.5, 0.6) is 5.75 Å². The van der Waals surface area contributed by atoms with Gasteiger partial charge in [0, 0.05) is 37.8 Å². The van der Waals surface area contributed by atoms with Gasteiger partial charge in [-0.15, -0.1) is 0 Å². The van der Waals surface area contributed by atoms with Gasteiger partial charge in [0.25, 0.3) is 0 Å². The van der Waals surface area contributed by atoms with Gasteiger partial charge in [0.15, 0.2) is 0 Å². The van der Waals surface area contributed by atoms with Crippen molar-refractivity contribution in [3.05, 3.63) is 58.5 Å². The third-order valence-electron chi connectivity index (χ3n) is 5.58. The summed E-state index contributed by atoms with van der Waals surface area (Å²) in [6.45, 7) is 3.34. The molecule has 2 heterocycles. The summed E-state index contributed by atoms with van der Waals surface area (Å²) in [4.78, 5) is 45.5. The summed E-state index contributed by atoms with van der Waals surface area (Å²) < 4.78 is 5.52. The molecule has 0 unspecified atom stereocenters. The fraction of sp³-hybridized carbons (Fsp3) is 0.318. The van der Waals surface area contributed by atoms with Crippen molar-refractivity contribution in [2.45, 2.75) is 13.0 Å². The molecule has 3 N–H and O–H groups in total. The number of para-hydroxylation sites is 1. The molecule has 1 fully saturated rings. The van der Waals surface area contributed by atoms with Gasteiger partial charge < -0.3 is 24.9 Å². The van der Waals surface area contributed by atoms with Gasteiger partial charge in [-0.25, -0.2) is 4.79 Å². The molecule has 3 aromatic rings. The molecule has 0 spiro atoms. The molecule has 1 aliphatic heterocycles. The summed E-state index contributed by atoms with van der Waals surface area (Å²) in [6.07, 6.45) is 0. The average Bonchev–Trinajstić information content (AvgIpc) is 3.13. The van der Waals surface area contributed by atoms with E-state index in [1.165, 1.54) is 0 Å². The second-order valence-electron chi connectivity index (χ2n) is 7.58.